The van der Waals surface area contributed by atoms with Gasteiger partial charge in [-0.05, 0) is 19.8 Å². The second-order valence-electron chi connectivity index (χ2n) is 4.24. The van der Waals surface area contributed by atoms with Crippen molar-refractivity contribution >= 4 is 10.2 Å². The van der Waals surface area contributed by atoms with Crippen molar-refractivity contribution in [1.29, 1.82) is 0 Å². The summed E-state index contributed by atoms with van der Waals surface area (Å²) in [6.07, 6.45) is 1.52. The normalized spacial score (nSPS) is 22.5. The number of nitrogens with zero attached hydrogens (tertiary/aromatic N) is 4. The van der Waals surface area contributed by atoms with Crippen molar-refractivity contribution in [2.24, 2.45) is 0 Å². The van der Waals surface area contributed by atoms with Crippen LogP contribution in [0.25, 0.3) is 0 Å². The first kappa shape index (κ1) is 12.5. The molecule has 1 unspecified atom stereocenters. The van der Waals surface area contributed by atoms with Gasteiger partial charge >= 0.3 is 0 Å². The van der Waals surface area contributed by atoms with Gasteiger partial charge in [0.25, 0.3) is 10.2 Å². The third-order valence-corrected chi connectivity index (χ3v) is 4.74. The van der Waals surface area contributed by atoms with Crippen molar-refractivity contribution in [3.8, 4) is 0 Å². The van der Waals surface area contributed by atoms with E-state index >= 15 is 0 Å². The first-order valence-corrected chi connectivity index (χ1v) is 6.82. The summed E-state index contributed by atoms with van der Waals surface area (Å²) in [5.74, 6) is 0.902. The second kappa shape index (κ2) is 4.35. The Kier molecular flexibility index (Phi) is 3.19. The van der Waals surface area contributed by atoms with Gasteiger partial charge in [-0.2, -0.15) is 22.0 Å². The molecule has 0 amide bonds. The van der Waals surface area contributed by atoms with Crippen molar-refractivity contribution in [2.75, 3.05) is 20.6 Å². The molecule has 0 bridgehead atoms. The quantitative estimate of drug-likeness (QED) is 0.782. The van der Waals surface area contributed by atoms with E-state index in [4.69, 9.17) is 4.52 Å². The van der Waals surface area contributed by atoms with E-state index in [0.29, 0.717) is 24.7 Å². The Morgan fingerprint density at radius 3 is 2.71 bits per heavy atom. The molecule has 0 saturated carbocycles. The monoisotopic (exact) mass is 260 g/mol. The molecule has 1 aromatic rings. The third-order valence-electron chi connectivity index (χ3n) is 2.79. The summed E-state index contributed by atoms with van der Waals surface area (Å²) in [6, 6.07) is -0.330. The number of hydrogen-bond donors (Lipinski definition) is 0. The van der Waals surface area contributed by atoms with Gasteiger partial charge < -0.3 is 4.52 Å². The standard InChI is InChI=1S/C9H16N4O3S/c1-7-10-9(16-11-7)8-5-4-6-13(8)17(14,15)12(2)3/h8H,4-6H2,1-3H3. The van der Waals surface area contributed by atoms with Gasteiger partial charge in [0.15, 0.2) is 5.82 Å². The number of aromatic nitrogens is 2. The summed E-state index contributed by atoms with van der Waals surface area (Å²) < 4.78 is 31.9. The van der Waals surface area contributed by atoms with E-state index in [1.165, 1.54) is 22.7 Å². The van der Waals surface area contributed by atoms with Crippen LogP contribution < -0.4 is 0 Å². The zero-order chi connectivity index (χ0) is 12.6. The van der Waals surface area contributed by atoms with Gasteiger partial charge in [0.1, 0.15) is 6.04 Å². The van der Waals surface area contributed by atoms with E-state index in [1.54, 1.807) is 6.92 Å². The summed E-state index contributed by atoms with van der Waals surface area (Å²) in [5.41, 5.74) is 0. The van der Waals surface area contributed by atoms with Crippen LogP contribution in [0.5, 0.6) is 0 Å². The topological polar surface area (TPSA) is 79.5 Å². The van der Waals surface area contributed by atoms with Crippen LogP contribution in [-0.2, 0) is 10.2 Å². The zero-order valence-electron chi connectivity index (χ0n) is 10.1. The summed E-state index contributed by atoms with van der Waals surface area (Å²) in [4.78, 5) is 4.11. The molecule has 17 heavy (non-hydrogen) atoms. The van der Waals surface area contributed by atoms with Gasteiger partial charge in [-0.3, -0.25) is 0 Å². The molecular formula is C9H16N4O3S. The van der Waals surface area contributed by atoms with E-state index in [0.717, 1.165) is 6.42 Å². The van der Waals surface area contributed by atoms with Crippen LogP contribution in [0, 0.1) is 6.92 Å². The average molecular weight is 260 g/mol. The van der Waals surface area contributed by atoms with Crippen molar-refractivity contribution in [3.63, 3.8) is 0 Å². The van der Waals surface area contributed by atoms with Gasteiger partial charge in [0.05, 0.1) is 0 Å². The highest BCUT2D eigenvalue weighted by Crippen LogP contribution is 2.33. The van der Waals surface area contributed by atoms with Crippen molar-refractivity contribution in [1.82, 2.24) is 18.8 Å². The predicted molar refractivity (Wildman–Crippen MR) is 60.3 cm³/mol. The molecule has 0 spiro atoms. The lowest BCUT2D eigenvalue weighted by molar-refractivity contribution is 0.280. The Bertz CT molecular complexity index is 496. The molecule has 2 rings (SSSR count). The van der Waals surface area contributed by atoms with Gasteiger partial charge in [0.2, 0.25) is 5.89 Å². The lowest BCUT2D eigenvalue weighted by Crippen LogP contribution is -2.39. The lowest BCUT2D eigenvalue weighted by atomic mass is 10.2. The Morgan fingerprint density at radius 2 is 2.18 bits per heavy atom. The first-order chi connectivity index (χ1) is 7.93. The largest absolute Gasteiger partial charge is 0.338 e. The fourth-order valence-corrected chi connectivity index (χ4v) is 3.22. The van der Waals surface area contributed by atoms with Gasteiger partial charge in [-0.1, -0.05) is 5.16 Å². The zero-order valence-corrected chi connectivity index (χ0v) is 10.9. The highest BCUT2D eigenvalue weighted by molar-refractivity contribution is 7.86. The van der Waals surface area contributed by atoms with E-state index in [9.17, 15) is 8.42 Å². The maximum absolute atomic E-state index is 12.1. The highest BCUT2D eigenvalue weighted by atomic mass is 32.2. The summed E-state index contributed by atoms with van der Waals surface area (Å²) in [7, 11) is -0.391. The highest BCUT2D eigenvalue weighted by Gasteiger charge is 2.39. The van der Waals surface area contributed by atoms with Crippen LogP contribution in [-0.4, -0.2) is 47.8 Å². The molecule has 0 aliphatic carbocycles. The number of aryl methyl sites for hydroxylation is 1. The summed E-state index contributed by atoms with van der Waals surface area (Å²) in [6.45, 7) is 2.21. The van der Waals surface area contributed by atoms with Crippen LogP contribution >= 0.6 is 0 Å². The van der Waals surface area contributed by atoms with Gasteiger partial charge in [-0.15, -0.1) is 0 Å². The van der Waals surface area contributed by atoms with Crippen LogP contribution in [0.1, 0.15) is 30.6 Å². The molecule has 0 N–H and O–H groups in total. The Balaban J connectivity index is 2.30. The lowest BCUT2D eigenvalue weighted by Gasteiger charge is -2.24. The SMILES string of the molecule is Cc1noc(C2CCCN2S(=O)(=O)N(C)C)n1. The van der Waals surface area contributed by atoms with Crippen molar-refractivity contribution in [2.45, 2.75) is 25.8 Å². The maximum Gasteiger partial charge on any atom is 0.282 e. The Labute approximate surface area is 101 Å². The Morgan fingerprint density at radius 1 is 1.47 bits per heavy atom. The van der Waals surface area contributed by atoms with E-state index in [1.807, 2.05) is 0 Å². The molecule has 0 aromatic carbocycles. The average Bonchev–Trinajstić information content (AvgIpc) is 2.84. The maximum atomic E-state index is 12.1. The van der Waals surface area contributed by atoms with Gasteiger partial charge in [0, 0.05) is 20.6 Å². The van der Waals surface area contributed by atoms with E-state index in [2.05, 4.69) is 10.1 Å². The minimum absolute atomic E-state index is 0.330. The predicted octanol–water partition coefficient (Wildman–Crippen LogP) is 0.321. The molecule has 1 atom stereocenters. The van der Waals surface area contributed by atoms with Crippen molar-refractivity contribution < 1.29 is 12.9 Å². The molecule has 2 heterocycles. The fraction of sp³-hybridized carbons (Fsp3) is 0.778. The van der Waals surface area contributed by atoms with Crippen molar-refractivity contribution in [3.05, 3.63) is 11.7 Å². The summed E-state index contributed by atoms with van der Waals surface area (Å²) in [5, 5.41) is 3.70. The van der Waals surface area contributed by atoms with E-state index in [-0.39, 0.29) is 6.04 Å². The molecule has 8 heteroatoms. The molecule has 7 nitrogen and oxygen atoms in total. The number of hydrogen-bond acceptors (Lipinski definition) is 5. The molecule has 1 aliphatic heterocycles. The molecule has 0 radical (unpaired) electrons. The molecule has 1 saturated heterocycles. The number of rotatable bonds is 3. The minimum atomic E-state index is -3.43. The summed E-state index contributed by atoms with van der Waals surface area (Å²) >= 11 is 0. The Hall–Kier alpha value is -0.990. The third kappa shape index (κ3) is 2.20. The van der Waals surface area contributed by atoms with Crippen LogP contribution in [0.4, 0.5) is 0 Å². The second-order valence-corrected chi connectivity index (χ2v) is 6.33. The molecule has 1 aliphatic rings. The van der Waals surface area contributed by atoms with Crippen LogP contribution in [0.2, 0.25) is 0 Å². The molecule has 96 valence electrons. The van der Waals surface area contributed by atoms with E-state index < -0.39 is 10.2 Å². The first-order valence-electron chi connectivity index (χ1n) is 5.42. The minimum Gasteiger partial charge on any atom is -0.338 e. The smallest absolute Gasteiger partial charge is 0.282 e. The van der Waals surface area contributed by atoms with Crippen LogP contribution in [0.15, 0.2) is 4.52 Å². The molecular weight excluding hydrogens is 244 g/mol. The molecule has 1 aromatic heterocycles. The molecule has 1 fully saturated rings. The van der Waals surface area contributed by atoms with Crippen LogP contribution in [0.3, 0.4) is 0 Å². The van der Waals surface area contributed by atoms with Gasteiger partial charge in [-0.25, -0.2) is 0 Å². The fourth-order valence-electron chi connectivity index (χ4n) is 1.92.